The number of nitrogens with zero attached hydrogens (tertiary/aromatic N) is 3. The fourth-order valence-electron chi connectivity index (χ4n) is 3.08. The van der Waals surface area contributed by atoms with Crippen molar-refractivity contribution in [1.82, 2.24) is 4.98 Å². The van der Waals surface area contributed by atoms with Gasteiger partial charge in [0.2, 0.25) is 18.1 Å². The molecule has 1 aromatic carbocycles. The van der Waals surface area contributed by atoms with E-state index >= 15 is 0 Å². The number of halogens is 1. The molecule has 1 atom stereocenters. The van der Waals surface area contributed by atoms with Gasteiger partial charge >= 0.3 is 5.69 Å². The molecule has 3 N–H and O–H groups in total. The number of aromatic nitrogens is 1. The third-order valence-electron chi connectivity index (χ3n) is 4.38. The van der Waals surface area contributed by atoms with E-state index in [1.165, 1.54) is 23.1 Å². The van der Waals surface area contributed by atoms with Crippen LogP contribution >= 0.6 is 0 Å². The maximum Gasteiger partial charge on any atom is 0.334 e. The van der Waals surface area contributed by atoms with Crippen LogP contribution in [0.1, 0.15) is 18.9 Å². The van der Waals surface area contributed by atoms with Gasteiger partial charge in [0.05, 0.1) is 11.5 Å². The molecule has 10 nitrogen and oxygen atoms in total. The lowest BCUT2D eigenvalue weighted by molar-refractivity contribution is -0.383. The van der Waals surface area contributed by atoms with Crippen molar-refractivity contribution in [1.29, 1.82) is 0 Å². The Morgan fingerprint density at radius 1 is 1.35 bits per heavy atom. The van der Waals surface area contributed by atoms with E-state index < -0.39 is 22.8 Å². The number of fused-ring (bicyclic) bond motifs is 4. The number of nitrogens with two attached hydrogens (primary N) is 1. The van der Waals surface area contributed by atoms with Gasteiger partial charge in [-0.05, 0) is 31.0 Å². The van der Waals surface area contributed by atoms with Crippen LogP contribution in [0.4, 0.5) is 21.6 Å². The predicted octanol–water partition coefficient (Wildman–Crippen LogP) is 2.75. The van der Waals surface area contributed by atoms with E-state index in [1.807, 2.05) is 6.08 Å². The van der Waals surface area contributed by atoms with Crippen molar-refractivity contribution in [2.75, 3.05) is 30.5 Å². The number of benzene rings is 1. The van der Waals surface area contributed by atoms with E-state index in [4.69, 9.17) is 19.9 Å². The van der Waals surface area contributed by atoms with Crippen LogP contribution in [0.15, 0.2) is 36.4 Å². The van der Waals surface area contributed by atoms with Crippen molar-refractivity contribution in [3.63, 3.8) is 0 Å². The lowest BCUT2D eigenvalue weighted by Crippen LogP contribution is -2.37. The summed E-state index contributed by atoms with van der Waals surface area (Å²) in [5.41, 5.74) is 5.63. The van der Waals surface area contributed by atoms with Gasteiger partial charge in [0.1, 0.15) is 23.9 Å². The Morgan fingerprint density at radius 3 is 2.90 bits per heavy atom. The van der Waals surface area contributed by atoms with E-state index in [0.717, 1.165) is 0 Å². The van der Waals surface area contributed by atoms with Crippen molar-refractivity contribution >= 4 is 17.2 Å². The van der Waals surface area contributed by atoms with Crippen LogP contribution in [0.3, 0.4) is 0 Å². The van der Waals surface area contributed by atoms with Crippen LogP contribution in [0.2, 0.25) is 0 Å². The fourth-order valence-corrected chi connectivity index (χ4v) is 3.08. The van der Waals surface area contributed by atoms with Crippen LogP contribution in [-0.2, 0) is 11.3 Å². The number of aliphatic hydroxyl groups is 1. The largest absolute Gasteiger partial charge is 0.489 e. The molecule has 0 fully saturated rings. The van der Waals surface area contributed by atoms with Crippen LogP contribution in [0.5, 0.6) is 11.6 Å². The first kappa shape index (κ1) is 22.2. The highest BCUT2D eigenvalue weighted by Crippen LogP contribution is 2.37. The minimum Gasteiger partial charge on any atom is -0.489 e. The Hall–Kier alpha value is -3.44. The molecule has 2 heterocycles. The molecule has 0 saturated carbocycles. The molecule has 1 aromatic heterocycles. The number of pyridine rings is 1. The van der Waals surface area contributed by atoms with Crippen LogP contribution in [-0.4, -0.2) is 41.2 Å². The summed E-state index contributed by atoms with van der Waals surface area (Å²) in [7, 11) is 0. The molecule has 1 aliphatic rings. The number of aliphatic hydroxyl groups excluding tert-OH is 1. The molecule has 0 radical (unpaired) electrons. The smallest absolute Gasteiger partial charge is 0.334 e. The Bertz CT molecular complexity index is 971. The molecular formula is C20H23FN4O6. The summed E-state index contributed by atoms with van der Waals surface area (Å²) >= 11 is 0. The SMILES string of the molecule is CCOC(O)N1Cc2cc(F)cc(c2)OC/C=C/CCOc2cc1c([N+](=O)[O-])c(N)n2. The van der Waals surface area contributed by atoms with Gasteiger partial charge in [-0.2, -0.15) is 4.98 Å². The van der Waals surface area contributed by atoms with Gasteiger partial charge in [-0.25, -0.2) is 4.39 Å². The molecule has 11 heteroatoms. The zero-order valence-corrected chi connectivity index (χ0v) is 16.9. The lowest BCUT2D eigenvalue weighted by atomic mass is 10.1. The quantitative estimate of drug-likeness (QED) is 0.322. The van der Waals surface area contributed by atoms with E-state index in [-0.39, 0.29) is 49.5 Å². The summed E-state index contributed by atoms with van der Waals surface area (Å²) in [5.74, 6) is -0.610. The zero-order valence-electron chi connectivity index (χ0n) is 16.9. The topological polar surface area (TPSA) is 133 Å². The summed E-state index contributed by atoms with van der Waals surface area (Å²) in [6.07, 6.45) is 2.52. The first-order valence-corrected chi connectivity index (χ1v) is 9.60. The van der Waals surface area contributed by atoms with Crippen molar-refractivity contribution in [2.45, 2.75) is 26.3 Å². The second-order valence-electron chi connectivity index (χ2n) is 6.59. The number of nitrogen functional groups attached to an aromatic ring is 1. The second kappa shape index (κ2) is 10.0. The van der Waals surface area contributed by atoms with Crippen LogP contribution in [0.25, 0.3) is 0 Å². The fraction of sp³-hybridized carbons (Fsp3) is 0.350. The molecule has 166 valence electrons. The number of rotatable bonds is 4. The molecule has 3 rings (SSSR count). The van der Waals surface area contributed by atoms with Gasteiger partial charge in [-0.15, -0.1) is 0 Å². The highest BCUT2D eigenvalue weighted by molar-refractivity contribution is 5.74. The predicted molar refractivity (Wildman–Crippen MR) is 110 cm³/mol. The minimum atomic E-state index is -1.58. The van der Waals surface area contributed by atoms with Crippen molar-refractivity contribution < 1.29 is 28.6 Å². The molecule has 31 heavy (non-hydrogen) atoms. The van der Waals surface area contributed by atoms with Gasteiger partial charge in [-0.1, -0.05) is 12.2 Å². The summed E-state index contributed by atoms with van der Waals surface area (Å²) < 4.78 is 30.6. The van der Waals surface area contributed by atoms with Crippen LogP contribution < -0.4 is 20.1 Å². The van der Waals surface area contributed by atoms with E-state index in [0.29, 0.717) is 12.0 Å². The first-order valence-electron chi connectivity index (χ1n) is 9.60. The second-order valence-corrected chi connectivity index (χ2v) is 6.59. The molecular weight excluding hydrogens is 411 g/mol. The van der Waals surface area contributed by atoms with Gasteiger partial charge in [0.15, 0.2) is 0 Å². The van der Waals surface area contributed by atoms with E-state index in [2.05, 4.69) is 4.98 Å². The van der Waals surface area contributed by atoms with Crippen LogP contribution in [0, 0.1) is 15.9 Å². The lowest BCUT2D eigenvalue weighted by Gasteiger charge is -2.29. The summed E-state index contributed by atoms with van der Waals surface area (Å²) in [4.78, 5) is 16.1. The van der Waals surface area contributed by atoms with E-state index in [9.17, 15) is 19.6 Å². The summed E-state index contributed by atoms with van der Waals surface area (Å²) in [6, 6.07) is 5.35. The van der Waals surface area contributed by atoms with Crippen molar-refractivity contribution in [3.05, 3.63) is 57.9 Å². The first-order chi connectivity index (χ1) is 14.9. The van der Waals surface area contributed by atoms with Gasteiger partial charge in [-0.3, -0.25) is 10.1 Å². The highest BCUT2D eigenvalue weighted by Gasteiger charge is 2.30. The number of ether oxygens (including phenoxy) is 3. The Balaban J connectivity index is 2.15. The highest BCUT2D eigenvalue weighted by atomic mass is 19.1. The van der Waals surface area contributed by atoms with Crippen molar-refractivity contribution in [2.24, 2.45) is 0 Å². The van der Waals surface area contributed by atoms with Crippen molar-refractivity contribution in [3.8, 4) is 11.6 Å². The Kier molecular flexibility index (Phi) is 7.21. The minimum absolute atomic E-state index is 0.0475. The maximum atomic E-state index is 14.2. The van der Waals surface area contributed by atoms with Gasteiger partial charge in [0, 0.05) is 25.3 Å². The standard InChI is InChI=1S/C20H23FN4O6/c1-2-29-20(26)24-12-13-8-14(21)10-15(9-13)30-6-4-3-5-7-31-17-11-16(24)18(25(27)28)19(22)23-17/h3-4,8-11,20,26H,2,5-7,12H2,1H3,(H2,22,23)/b4-3+. The normalized spacial score (nSPS) is 16.3. The average molecular weight is 434 g/mol. The van der Waals surface area contributed by atoms with Gasteiger partial charge < -0.3 is 30.0 Å². The molecule has 1 aliphatic heterocycles. The third-order valence-corrected chi connectivity index (χ3v) is 4.38. The Morgan fingerprint density at radius 2 is 2.16 bits per heavy atom. The number of hydrogen-bond acceptors (Lipinski definition) is 9. The molecule has 0 amide bonds. The molecule has 1 unspecified atom stereocenters. The van der Waals surface area contributed by atoms with E-state index in [1.54, 1.807) is 19.1 Å². The number of anilines is 2. The summed E-state index contributed by atoms with van der Waals surface area (Å²) in [5, 5.41) is 22.3. The molecule has 0 aliphatic carbocycles. The third kappa shape index (κ3) is 5.58. The maximum absolute atomic E-state index is 14.2. The Labute approximate surface area is 177 Å². The summed E-state index contributed by atoms with van der Waals surface area (Å²) in [6.45, 7) is 2.09. The number of hydrogen-bond donors (Lipinski definition) is 2. The molecule has 2 aromatic rings. The molecule has 4 bridgehead atoms. The average Bonchev–Trinajstić information content (AvgIpc) is 2.70. The zero-order chi connectivity index (χ0) is 22.4. The van der Waals surface area contributed by atoms with Gasteiger partial charge in [0.25, 0.3) is 0 Å². The number of nitro groups is 1. The molecule has 0 saturated heterocycles. The molecule has 0 spiro atoms. The monoisotopic (exact) mass is 434 g/mol.